The average molecular weight is 417 g/mol. The quantitative estimate of drug-likeness (QED) is 0.634. The van der Waals surface area contributed by atoms with E-state index < -0.39 is 29.7 Å². The normalized spacial score (nSPS) is 18.6. The predicted molar refractivity (Wildman–Crippen MR) is 113 cm³/mol. The summed E-state index contributed by atoms with van der Waals surface area (Å²) in [6, 6.07) is 8.52. The van der Waals surface area contributed by atoms with Crippen LogP contribution in [0.4, 0.5) is 4.79 Å². The number of Topliss-reactive ketones (excluding diaryl/α,β-unsaturated/α-hetero) is 2. The summed E-state index contributed by atoms with van der Waals surface area (Å²) in [4.78, 5) is 49.6. The van der Waals surface area contributed by atoms with Gasteiger partial charge in [-0.2, -0.15) is 0 Å². The van der Waals surface area contributed by atoms with Crippen molar-refractivity contribution in [3.8, 4) is 0 Å². The highest BCUT2D eigenvalue weighted by Gasteiger charge is 2.31. The number of hydrogen-bond acceptors (Lipinski definition) is 5. The Balaban J connectivity index is 1.98. The van der Waals surface area contributed by atoms with Crippen LogP contribution in [0.3, 0.4) is 0 Å². The molecule has 0 spiro atoms. The second-order valence-corrected chi connectivity index (χ2v) is 8.23. The fourth-order valence-corrected chi connectivity index (χ4v) is 3.53. The molecule has 0 bridgehead atoms. The molecule has 0 aliphatic carbocycles. The Morgan fingerprint density at radius 1 is 1.13 bits per heavy atom. The SMILES string of the molecule is CC(C)CC(NC(=O)OCc1ccccc1)C(=O)CC1CCCCCNC(=O)C1=O. The largest absolute Gasteiger partial charge is 0.445 e. The summed E-state index contributed by atoms with van der Waals surface area (Å²) in [5, 5.41) is 5.27. The molecule has 1 aliphatic heterocycles. The molecule has 2 N–H and O–H groups in total. The summed E-state index contributed by atoms with van der Waals surface area (Å²) in [5.74, 6) is -1.89. The van der Waals surface area contributed by atoms with Gasteiger partial charge in [-0.25, -0.2) is 4.79 Å². The number of ether oxygens (including phenoxy) is 1. The highest BCUT2D eigenvalue weighted by atomic mass is 16.5. The van der Waals surface area contributed by atoms with E-state index in [4.69, 9.17) is 4.74 Å². The van der Waals surface area contributed by atoms with Crippen LogP contribution < -0.4 is 10.6 Å². The van der Waals surface area contributed by atoms with Gasteiger partial charge in [-0.3, -0.25) is 14.4 Å². The van der Waals surface area contributed by atoms with Crippen molar-refractivity contribution in [3.05, 3.63) is 35.9 Å². The first-order valence-corrected chi connectivity index (χ1v) is 10.7. The number of amides is 2. The maximum atomic E-state index is 12.9. The van der Waals surface area contributed by atoms with E-state index in [1.165, 1.54) is 0 Å². The maximum Gasteiger partial charge on any atom is 0.408 e. The Bertz CT molecular complexity index is 732. The zero-order valence-corrected chi connectivity index (χ0v) is 17.8. The van der Waals surface area contributed by atoms with Crippen LogP contribution in [0.2, 0.25) is 0 Å². The van der Waals surface area contributed by atoms with E-state index in [0.717, 1.165) is 24.8 Å². The second kappa shape index (κ2) is 12.1. The number of rotatable bonds is 8. The first-order chi connectivity index (χ1) is 14.4. The molecule has 7 heteroatoms. The monoisotopic (exact) mass is 416 g/mol. The summed E-state index contributed by atoms with van der Waals surface area (Å²) >= 11 is 0. The van der Waals surface area contributed by atoms with Crippen LogP contribution >= 0.6 is 0 Å². The van der Waals surface area contributed by atoms with E-state index in [2.05, 4.69) is 10.6 Å². The van der Waals surface area contributed by atoms with E-state index >= 15 is 0 Å². The van der Waals surface area contributed by atoms with E-state index in [1.807, 2.05) is 44.2 Å². The van der Waals surface area contributed by atoms with Gasteiger partial charge in [-0.15, -0.1) is 0 Å². The minimum atomic E-state index is -0.753. The third kappa shape index (κ3) is 7.97. The minimum Gasteiger partial charge on any atom is -0.445 e. The van der Waals surface area contributed by atoms with Crippen LogP contribution in [0.15, 0.2) is 30.3 Å². The summed E-state index contributed by atoms with van der Waals surface area (Å²) in [6.07, 6.45) is 2.73. The van der Waals surface area contributed by atoms with Crippen molar-refractivity contribution in [2.75, 3.05) is 6.54 Å². The Morgan fingerprint density at radius 2 is 1.87 bits per heavy atom. The molecule has 1 aromatic rings. The van der Waals surface area contributed by atoms with Crippen molar-refractivity contribution < 1.29 is 23.9 Å². The summed E-state index contributed by atoms with van der Waals surface area (Å²) in [5.41, 5.74) is 0.849. The van der Waals surface area contributed by atoms with Crippen molar-refractivity contribution in [3.63, 3.8) is 0 Å². The lowest BCUT2D eigenvalue weighted by atomic mass is 9.88. The van der Waals surface area contributed by atoms with Gasteiger partial charge in [0.2, 0.25) is 5.78 Å². The molecule has 30 heavy (non-hydrogen) atoms. The fraction of sp³-hybridized carbons (Fsp3) is 0.565. The number of carbonyl (C=O) groups excluding carboxylic acids is 4. The first kappa shape index (κ1) is 23.6. The Morgan fingerprint density at radius 3 is 2.57 bits per heavy atom. The van der Waals surface area contributed by atoms with Crippen LogP contribution in [-0.2, 0) is 25.7 Å². The lowest BCUT2D eigenvalue weighted by Gasteiger charge is -2.22. The molecular weight excluding hydrogens is 384 g/mol. The van der Waals surface area contributed by atoms with Gasteiger partial charge in [0.05, 0.1) is 6.04 Å². The van der Waals surface area contributed by atoms with Gasteiger partial charge in [0.25, 0.3) is 5.91 Å². The van der Waals surface area contributed by atoms with Crippen molar-refractivity contribution in [2.24, 2.45) is 11.8 Å². The number of alkyl carbamates (subject to hydrolysis) is 1. The lowest BCUT2D eigenvalue weighted by Crippen LogP contribution is -2.44. The van der Waals surface area contributed by atoms with Gasteiger partial charge in [-0.05, 0) is 30.7 Å². The molecule has 1 fully saturated rings. The standard InChI is InChI=1S/C23H32N2O5/c1-16(2)13-19(25-23(29)30-15-17-9-5-3-6-10-17)20(26)14-18-11-7-4-8-12-24-22(28)21(18)27/h3,5-6,9-10,16,18-19H,4,7-8,11-15H2,1-2H3,(H,24,28)(H,25,29). The minimum absolute atomic E-state index is 0.0530. The molecule has 0 radical (unpaired) electrons. The molecule has 2 rings (SSSR count). The molecule has 0 saturated carbocycles. The molecule has 1 heterocycles. The molecule has 7 nitrogen and oxygen atoms in total. The predicted octanol–water partition coefficient (Wildman–Crippen LogP) is 3.16. The van der Waals surface area contributed by atoms with Gasteiger partial charge in [0, 0.05) is 18.9 Å². The Labute approximate surface area is 177 Å². The molecule has 1 aromatic carbocycles. The topological polar surface area (TPSA) is 102 Å². The van der Waals surface area contributed by atoms with E-state index in [9.17, 15) is 19.2 Å². The second-order valence-electron chi connectivity index (χ2n) is 8.23. The summed E-state index contributed by atoms with van der Waals surface area (Å²) < 4.78 is 5.24. The average Bonchev–Trinajstić information content (AvgIpc) is 2.79. The molecule has 164 valence electrons. The third-order valence-corrected chi connectivity index (χ3v) is 5.16. The molecule has 1 saturated heterocycles. The zero-order chi connectivity index (χ0) is 21.9. The van der Waals surface area contributed by atoms with Gasteiger partial charge in [-0.1, -0.05) is 57.0 Å². The van der Waals surface area contributed by atoms with Crippen LogP contribution in [-0.4, -0.2) is 36.2 Å². The van der Waals surface area contributed by atoms with Crippen LogP contribution in [0.25, 0.3) is 0 Å². The highest BCUT2D eigenvalue weighted by Crippen LogP contribution is 2.20. The van der Waals surface area contributed by atoms with Crippen molar-refractivity contribution >= 4 is 23.6 Å². The number of benzene rings is 1. The van der Waals surface area contributed by atoms with Crippen molar-refractivity contribution in [1.29, 1.82) is 0 Å². The Hall–Kier alpha value is -2.70. The van der Waals surface area contributed by atoms with Crippen molar-refractivity contribution in [1.82, 2.24) is 10.6 Å². The highest BCUT2D eigenvalue weighted by molar-refractivity contribution is 6.37. The summed E-state index contributed by atoms with van der Waals surface area (Å²) in [6.45, 7) is 4.50. The van der Waals surface area contributed by atoms with Crippen LogP contribution in [0, 0.1) is 11.8 Å². The van der Waals surface area contributed by atoms with E-state index in [-0.39, 0.29) is 24.7 Å². The molecule has 2 atom stereocenters. The lowest BCUT2D eigenvalue weighted by molar-refractivity contribution is -0.141. The number of ketones is 2. The number of carbonyl (C=O) groups is 4. The molecule has 0 aromatic heterocycles. The smallest absolute Gasteiger partial charge is 0.408 e. The molecular formula is C23H32N2O5. The van der Waals surface area contributed by atoms with Crippen molar-refractivity contribution in [2.45, 2.75) is 65.0 Å². The third-order valence-electron chi connectivity index (χ3n) is 5.16. The number of nitrogens with one attached hydrogen (secondary N) is 2. The molecule has 2 amide bonds. The van der Waals surface area contributed by atoms with Gasteiger partial charge in [0.1, 0.15) is 6.61 Å². The number of hydrogen-bond donors (Lipinski definition) is 2. The molecule has 1 aliphatic rings. The van der Waals surface area contributed by atoms with Gasteiger partial charge < -0.3 is 15.4 Å². The fourth-order valence-electron chi connectivity index (χ4n) is 3.53. The maximum absolute atomic E-state index is 12.9. The van der Waals surface area contributed by atoms with E-state index in [1.54, 1.807) is 0 Å². The van der Waals surface area contributed by atoms with Gasteiger partial charge in [0.15, 0.2) is 5.78 Å². The van der Waals surface area contributed by atoms with E-state index in [0.29, 0.717) is 19.4 Å². The van der Waals surface area contributed by atoms with Gasteiger partial charge >= 0.3 is 6.09 Å². The zero-order valence-electron chi connectivity index (χ0n) is 17.8. The first-order valence-electron chi connectivity index (χ1n) is 10.7. The molecule has 2 unspecified atom stereocenters. The van der Waals surface area contributed by atoms with Crippen LogP contribution in [0.1, 0.15) is 57.9 Å². The summed E-state index contributed by atoms with van der Waals surface area (Å²) in [7, 11) is 0. The Kier molecular flexibility index (Phi) is 9.51. The van der Waals surface area contributed by atoms with Crippen LogP contribution in [0.5, 0.6) is 0 Å².